The first-order chi connectivity index (χ1) is 11.9. The Hall–Kier alpha value is -0.890. The molecule has 0 aromatic heterocycles. The first kappa shape index (κ1) is 18.9. The van der Waals surface area contributed by atoms with E-state index in [9.17, 15) is 9.90 Å². The zero-order valence-electron chi connectivity index (χ0n) is 13.6. The van der Waals surface area contributed by atoms with Crippen LogP contribution in [0.2, 0.25) is 0 Å². The van der Waals surface area contributed by atoms with Crippen molar-refractivity contribution in [3.8, 4) is 5.75 Å². The molecule has 2 N–H and O–H groups in total. The molecule has 2 aliphatic rings. The number of hydrogen-bond donors (Lipinski definition) is 2. The number of likely N-dealkylation sites (N-methyl/N-ethyl adjacent to an activating group) is 2. The Labute approximate surface area is 178 Å². The fraction of sp³-hybridized carbons (Fsp3) is 0.400. The lowest BCUT2D eigenvalue weighted by Crippen LogP contribution is -2.43. The summed E-state index contributed by atoms with van der Waals surface area (Å²) in [6.07, 6.45) is 1.08. The number of amides is 2. The van der Waals surface area contributed by atoms with Gasteiger partial charge in [-0.3, -0.25) is 4.90 Å². The van der Waals surface area contributed by atoms with Gasteiger partial charge in [-0.1, -0.05) is 0 Å². The van der Waals surface area contributed by atoms with Gasteiger partial charge in [0.25, 0.3) is 0 Å². The Balaban J connectivity index is 1.92. The summed E-state index contributed by atoms with van der Waals surface area (Å²) < 4.78 is 1.76. The van der Waals surface area contributed by atoms with Crippen LogP contribution in [0, 0.1) is 7.14 Å². The van der Waals surface area contributed by atoms with Crippen molar-refractivity contribution in [1.29, 1.82) is 0 Å². The van der Waals surface area contributed by atoms with Crippen LogP contribution in [0.4, 0.5) is 4.79 Å². The van der Waals surface area contributed by atoms with Crippen LogP contribution in [-0.4, -0.2) is 62.7 Å². The molecule has 3 rings (SSSR count). The van der Waals surface area contributed by atoms with E-state index in [0.717, 1.165) is 7.14 Å². The number of phenolic OH excluding ortho intramolecular Hbond substituents is 1. The van der Waals surface area contributed by atoms with E-state index in [-0.39, 0.29) is 24.1 Å². The summed E-state index contributed by atoms with van der Waals surface area (Å²) in [5.41, 5.74) is 0.613. The minimum Gasteiger partial charge on any atom is -0.506 e. The molecule has 2 saturated heterocycles. The highest BCUT2D eigenvalue weighted by molar-refractivity contribution is 14.1. The standard InChI is InChI=1S/C15H17I2N5O2S/c1-3-20-12-13(21(4-2)15(20)24)22(14(25)19-12)18-7-8-5-9(16)6-10(17)11(8)23/h5-7,12-13,23H,3-4H2,1-2H3,(H,19,25)/b18-7+. The van der Waals surface area contributed by atoms with Crippen molar-refractivity contribution in [2.45, 2.75) is 26.2 Å². The number of fused-ring (bicyclic) bond motifs is 1. The third-order valence-electron chi connectivity index (χ3n) is 4.22. The molecule has 2 atom stereocenters. The van der Waals surface area contributed by atoms with E-state index < -0.39 is 0 Å². The van der Waals surface area contributed by atoms with E-state index in [1.165, 1.54) is 0 Å². The molecule has 2 aliphatic heterocycles. The number of halogens is 2. The van der Waals surface area contributed by atoms with Crippen LogP contribution in [0.5, 0.6) is 5.75 Å². The summed E-state index contributed by atoms with van der Waals surface area (Å²) in [4.78, 5) is 16.0. The molecule has 0 bridgehead atoms. The lowest BCUT2D eigenvalue weighted by atomic mass is 10.2. The summed E-state index contributed by atoms with van der Waals surface area (Å²) in [5.74, 6) is 0.185. The molecule has 0 aliphatic carbocycles. The average Bonchev–Trinajstić information content (AvgIpc) is 3.00. The van der Waals surface area contributed by atoms with Crippen LogP contribution in [-0.2, 0) is 0 Å². The van der Waals surface area contributed by atoms with E-state index >= 15 is 0 Å². The van der Waals surface area contributed by atoms with Gasteiger partial charge in [-0.25, -0.2) is 9.80 Å². The minimum atomic E-state index is -0.287. The molecule has 2 unspecified atom stereocenters. The van der Waals surface area contributed by atoms with Crippen LogP contribution in [0.25, 0.3) is 0 Å². The molecule has 1 aromatic rings. The van der Waals surface area contributed by atoms with Gasteiger partial charge in [0.05, 0.1) is 9.78 Å². The van der Waals surface area contributed by atoms with Crippen LogP contribution >= 0.6 is 57.4 Å². The highest BCUT2D eigenvalue weighted by Crippen LogP contribution is 2.30. The number of thiocarbonyl (C=S) groups is 1. The van der Waals surface area contributed by atoms with E-state index in [4.69, 9.17) is 12.2 Å². The molecule has 2 heterocycles. The Morgan fingerprint density at radius 1 is 1.32 bits per heavy atom. The molecule has 2 amide bonds. The van der Waals surface area contributed by atoms with Gasteiger partial charge < -0.3 is 15.3 Å². The lowest BCUT2D eigenvalue weighted by molar-refractivity contribution is 0.157. The van der Waals surface area contributed by atoms with E-state index in [1.807, 2.05) is 26.0 Å². The van der Waals surface area contributed by atoms with E-state index in [1.54, 1.807) is 21.0 Å². The van der Waals surface area contributed by atoms with Crippen molar-refractivity contribution >= 4 is 74.8 Å². The number of carbonyl (C=O) groups excluding carboxylic acids is 1. The average molecular weight is 585 g/mol. The van der Waals surface area contributed by atoms with Crippen molar-refractivity contribution in [2.75, 3.05) is 13.1 Å². The number of aromatic hydroxyl groups is 1. The van der Waals surface area contributed by atoms with Crippen molar-refractivity contribution in [1.82, 2.24) is 20.1 Å². The lowest BCUT2D eigenvalue weighted by Gasteiger charge is -2.25. The number of benzene rings is 1. The Morgan fingerprint density at radius 2 is 2.00 bits per heavy atom. The summed E-state index contributed by atoms with van der Waals surface area (Å²) >= 11 is 9.69. The summed E-state index contributed by atoms with van der Waals surface area (Å²) in [6, 6.07) is 3.71. The van der Waals surface area contributed by atoms with Crippen molar-refractivity contribution < 1.29 is 9.90 Å². The first-order valence-corrected chi connectivity index (χ1v) is 10.3. The first-order valence-electron chi connectivity index (χ1n) is 7.78. The number of hydrazone groups is 1. The predicted molar refractivity (Wildman–Crippen MR) is 116 cm³/mol. The van der Waals surface area contributed by atoms with Crippen molar-refractivity contribution in [2.24, 2.45) is 5.10 Å². The maximum atomic E-state index is 12.5. The Morgan fingerprint density at radius 3 is 2.64 bits per heavy atom. The second kappa shape index (κ2) is 7.39. The van der Waals surface area contributed by atoms with E-state index in [0.29, 0.717) is 23.8 Å². The molecule has 7 nitrogen and oxygen atoms in total. The number of urea groups is 1. The Kier molecular flexibility index (Phi) is 5.58. The molecule has 10 heteroatoms. The molecule has 134 valence electrons. The summed E-state index contributed by atoms with van der Waals surface area (Å²) in [6.45, 7) is 5.04. The number of nitrogens with zero attached hydrogens (tertiary/aromatic N) is 4. The maximum Gasteiger partial charge on any atom is 0.323 e. The van der Waals surface area contributed by atoms with Gasteiger partial charge in [0.15, 0.2) is 11.3 Å². The highest BCUT2D eigenvalue weighted by Gasteiger charge is 2.53. The SMILES string of the molecule is CCN1C(=O)N(CC)C2C1NC(=S)N2/N=C/c1cc(I)cc(I)c1O. The summed E-state index contributed by atoms with van der Waals surface area (Å²) in [5, 5.41) is 20.0. The van der Waals surface area contributed by atoms with Gasteiger partial charge >= 0.3 is 6.03 Å². The monoisotopic (exact) mass is 585 g/mol. The molecule has 2 fully saturated rings. The third-order valence-corrected chi connectivity index (χ3v) is 5.97. The van der Waals surface area contributed by atoms with Gasteiger partial charge in [0.1, 0.15) is 11.9 Å². The number of carbonyl (C=O) groups is 1. The van der Waals surface area contributed by atoms with Crippen LogP contribution in [0.3, 0.4) is 0 Å². The fourth-order valence-electron chi connectivity index (χ4n) is 3.04. The Bertz CT molecular complexity index is 760. The maximum absolute atomic E-state index is 12.5. The quantitative estimate of drug-likeness (QED) is 0.323. The minimum absolute atomic E-state index is 0.0261. The van der Waals surface area contributed by atoms with Gasteiger partial charge in [0.2, 0.25) is 0 Å². The molecule has 0 spiro atoms. The number of hydrogen-bond acceptors (Lipinski definition) is 4. The second-order valence-corrected chi connectivity index (χ2v) is 8.37. The topological polar surface area (TPSA) is 71.4 Å². The number of rotatable bonds is 4. The van der Waals surface area contributed by atoms with Gasteiger partial charge in [-0.2, -0.15) is 5.10 Å². The smallest absolute Gasteiger partial charge is 0.323 e. The molecule has 0 saturated carbocycles. The largest absolute Gasteiger partial charge is 0.506 e. The van der Waals surface area contributed by atoms with Crippen LogP contribution in [0.15, 0.2) is 17.2 Å². The second-order valence-electron chi connectivity index (χ2n) is 5.58. The van der Waals surface area contributed by atoms with E-state index in [2.05, 4.69) is 55.6 Å². The van der Waals surface area contributed by atoms with Gasteiger partial charge in [0, 0.05) is 22.2 Å². The normalized spacial score (nSPS) is 23.0. The molecule has 0 radical (unpaired) electrons. The third kappa shape index (κ3) is 3.27. The summed E-state index contributed by atoms with van der Waals surface area (Å²) in [7, 11) is 0. The van der Waals surface area contributed by atoms with Gasteiger partial charge in [-0.05, 0) is 83.4 Å². The molecule has 1 aromatic carbocycles. The number of nitrogens with one attached hydrogen (secondary N) is 1. The van der Waals surface area contributed by atoms with Crippen molar-refractivity contribution in [3.63, 3.8) is 0 Å². The molecular weight excluding hydrogens is 568 g/mol. The van der Waals surface area contributed by atoms with Crippen molar-refractivity contribution in [3.05, 3.63) is 24.8 Å². The fourth-order valence-corrected chi connectivity index (χ4v) is 5.21. The molecular formula is C15H17I2N5O2S. The van der Waals surface area contributed by atoms with Crippen LogP contribution < -0.4 is 5.32 Å². The predicted octanol–water partition coefficient (Wildman–Crippen LogP) is 2.56. The van der Waals surface area contributed by atoms with Gasteiger partial charge in [-0.15, -0.1) is 0 Å². The zero-order valence-corrected chi connectivity index (χ0v) is 18.7. The van der Waals surface area contributed by atoms with Crippen LogP contribution in [0.1, 0.15) is 19.4 Å². The number of phenols is 1. The highest BCUT2D eigenvalue weighted by atomic mass is 127. The zero-order chi connectivity index (χ0) is 18.3. The molecule has 25 heavy (non-hydrogen) atoms.